The summed E-state index contributed by atoms with van der Waals surface area (Å²) in [5, 5.41) is 3.60. The lowest BCUT2D eigenvalue weighted by atomic mass is 10.3. The third-order valence-corrected chi connectivity index (χ3v) is 2.81. The third kappa shape index (κ3) is 5.17. The van der Waals surface area contributed by atoms with Gasteiger partial charge in [0.2, 0.25) is 5.88 Å². The third-order valence-electron chi connectivity index (χ3n) is 2.62. The van der Waals surface area contributed by atoms with Crippen molar-refractivity contribution in [1.29, 1.82) is 0 Å². The highest BCUT2D eigenvalue weighted by Gasteiger charge is 2.01. The number of rotatable bonds is 7. The van der Waals surface area contributed by atoms with Crippen molar-refractivity contribution in [3.05, 3.63) is 40.9 Å². The molecule has 7 heteroatoms. The van der Waals surface area contributed by atoms with Gasteiger partial charge in [0.05, 0.1) is 6.61 Å². The molecule has 0 aliphatic rings. The summed E-state index contributed by atoms with van der Waals surface area (Å²) < 4.78 is 10.3. The van der Waals surface area contributed by atoms with Gasteiger partial charge in [-0.1, -0.05) is 17.7 Å². The summed E-state index contributed by atoms with van der Waals surface area (Å²) in [6.07, 6.45) is 1.75. The number of aryl methyl sites for hydroxylation is 1. The van der Waals surface area contributed by atoms with E-state index in [0.29, 0.717) is 42.4 Å². The Morgan fingerprint density at radius 2 is 2.10 bits per heavy atom. The van der Waals surface area contributed by atoms with Gasteiger partial charge >= 0.3 is 0 Å². The standard InChI is InChI=1S/C14H17ClN4O2/c1-10-18-12(15)7-13(19-10)16-8-11-3-4-14(17-9-11)21-6-5-20-2/h3-4,7,9H,5-6,8H2,1-2H3,(H,16,18,19). The zero-order valence-electron chi connectivity index (χ0n) is 12.0. The van der Waals surface area contributed by atoms with Crippen molar-refractivity contribution < 1.29 is 9.47 Å². The van der Waals surface area contributed by atoms with Crippen LogP contribution in [0, 0.1) is 6.92 Å². The molecule has 0 radical (unpaired) electrons. The first-order valence-electron chi connectivity index (χ1n) is 6.49. The minimum atomic E-state index is 0.421. The van der Waals surface area contributed by atoms with E-state index in [0.717, 1.165) is 5.56 Å². The highest BCUT2D eigenvalue weighted by atomic mass is 35.5. The molecule has 1 N–H and O–H groups in total. The second kappa shape index (κ2) is 7.75. The SMILES string of the molecule is COCCOc1ccc(CNc2cc(Cl)nc(C)n2)cn1. The average Bonchev–Trinajstić information content (AvgIpc) is 2.46. The lowest BCUT2D eigenvalue weighted by molar-refractivity contribution is 0.143. The van der Waals surface area contributed by atoms with Gasteiger partial charge in [-0.05, 0) is 12.5 Å². The number of hydrogen-bond acceptors (Lipinski definition) is 6. The molecule has 21 heavy (non-hydrogen) atoms. The van der Waals surface area contributed by atoms with Crippen molar-refractivity contribution in [3.8, 4) is 5.88 Å². The topological polar surface area (TPSA) is 69.2 Å². The number of anilines is 1. The first-order valence-corrected chi connectivity index (χ1v) is 6.87. The van der Waals surface area contributed by atoms with Crippen LogP contribution in [0.15, 0.2) is 24.4 Å². The van der Waals surface area contributed by atoms with Crippen LogP contribution in [-0.2, 0) is 11.3 Å². The molecular formula is C14H17ClN4O2. The summed E-state index contributed by atoms with van der Waals surface area (Å²) in [6.45, 7) is 3.42. The number of ether oxygens (including phenoxy) is 2. The van der Waals surface area contributed by atoms with Gasteiger partial charge in [-0.3, -0.25) is 0 Å². The molecule has 0 aromatic carbocycles. The molecule has 0 saturated carbocycles. The summed E-state index contributed by atoms with van der Waals surface area (Å²) in [6, 6.07) is 5.45. The molecule has 0 amide bonds. The quantitative estimate of drug-likeness (QED) is 0.626. The Kier molecular flexibility index (Phi) is 5.71. The van der Waals surface area contributed by atoms with Crippen LogP contribution in [0.2, 0.25) is 5.15 Å². The molecule has 112 valence electrons. The van der Waals surface area contributed by atoms with E-state index >= 15 is 0 Å². The van der Waals surface area contributed by atoms with E-state index in [1.807, 2.05) is 12.1 Å². The maximum absolute atomic E-state index is 5.88. The van der Waals surface area contributed by atoms with Crippen molar-refractivity contribution in [1.82, 2.24) is 15.0 Å². The highest BCUT2D eigenvalue weighted by Crippen LogP contribution is 2.13. The molecule has 2 aromatic heterocycles. The number of hydrogen-bond donors (Lipinski definition) is 1. The first-order chi connectivity index (χ1) is 10.2. The van der Waals surface area contributed by atoms with Gasteiger partial charge in [-0.25, -0.2) is 15.0 Å². The largest absolute Gasteiger partial charge is 0.475 e. The van der Waals surface area contributed by atoms with Gasteiger partial charge < -0.3 is 14.8 Å². The molecule has 0 bridgehead atoms. The van der Waals surface area contributed by atoms with Crippen molar-refractivity contribution >= 4 is 17.4 Å². The van der Waals surface area contributed by atoms with Gasteiger partial charge in [0.25, 0.3) is 0 Å². The summed E-state index contributed by atoms with van der Waals surface area (Å²) in [5.41, 5.74) is 1.02. The molecule has 0 spiro atoms. The fourth-order valence-electron chi connectivity index (χ4n) is 1.64. The van der Waals surface area contributed by atoms with E-state index in [4.69, 9.17) is 21.1 Å². The number of aromatic nitrogens is 3. The Balaban J connectivity index is 1.88. The number of pyridine rings is 1. The van der Waals surface area contributed by atoms with Gasteiger partial charge in [0.1, 0.15) is 23.4 Å². The Hall–Kier alpha value is -1.92. The Morgan fingerprint density at radius 3 is 2.76 bits per heavy atom. The predicted molar refractivity (Wildman–Crippen MR) is 80.7 cm³/mol. The minimum absolute atomic E-state index is 0.421. The Bertz CT molecular complexity index is 557. The molecule has 0 atom stereocenters. The highest BCUT2D eigenvalue weighted by molar-refractivity contribution is 6.29. The van der Waals surface area contributed by atoms with Crippen LogP contribution in [0.1, 0.15) is 11.4 Å². The monoisotopic (exact) mass is 308 g/mol. The first kappa shape index (κ1) is 15.5. The van der Waals surface area contributed by atoms with Crippen LogP contribution in [0.4, 0.5) is 5.82 Å². The maximum Gasteiger partial charge on any atom is 0.213 e. The molecule has 0 aliphatic heterocycles. The van der Waals surface area contributed by atoms with Gasteiger partial charge in [0.15, 0.2) is 0 Å². The van der Waals surface area contributed by atoms with E-state index in [-0.39, 0.29) is 0 Å². The molecule has 0 aliphatic carbocycles. The fourth-order valence-corrected chi connectivity index (χ4v) is 1.87. The van der Waals surface area contributed by atoms with E-state index in [1.165, 1.54) is 0 Å². The van der Waals surface area contributed by atoms with Crippen LogP contribution in [0.5, 0.6) is 5.88 Å². The van der Waals surface area contributed by atoms with Gasteiger partial charge in [0, 0.05) is 32.0 Å². The molecule has 2 heterocycles. The number of nitrogens with zero attached hydrogens (tertiary/aromatic N) is 3. The fraction of sp³-hybridized carbons (Fsp3) is 0.357. The Morgan fingerprint density at radius 1 is 1.24 bits per heavy atom. The minimum Gasteiger partial charge on any atom is -0.475 e. The maximum atomic E-state index is 5.88. The van der Waals surface area contributed by atoms with E-state index in [2.05, 4.69) is 20.3 Å². The number of nitrogens with one attached hydrogen (secondary N) is 1. The van der Waals surface area contributed by atoms with Crippen LogP contribution < -0.4 is 10.1 Å². The number of methoxy groups -OCH3 is 1. The number of halogens is 1. The molecule has 2 aromatic rings. The van der Waals surface area contributed by atoms with Crippen molar-refractivity contribution in [2.75, 3.05) is 25.6 Å². The van der Waals surface area contributed by atoms with Crippen molar-refractivity contribution in [2.45, 2.75) is 13.5 Å². The molecule has 2 rings (SSSR count). The molecule has 0 unspecified atom stereocenters. The average molecular weight is 309 g/mol. The normalized spacial score (nSPS) is 10.4. The van der Waals surface area contributed by atoms with E-state index in [1.54, 1.807) is 26.3 Å². The summed E-state index contributed by atoms with van der Waals surface area (Å²) in [7, 11) is 1.63. The molecular weight excluding hydrogens is 292 g/mol. The second-order valence-electron chi connectivity index (χ2n) is 4.32. The van der Waals surface area contributed by atoms with E-state index in [9.17, 15) is 0 Å². The smallest absolute Gasteiger partial charge is 0.213 e. The van der Waals surface area contributed by atoms with Crippen LogP contribution in [0.25, 0.3) is 0 Å². The Labute approximate surface area is 128 Å². The summed E-state index contributed by atoms with van der Waals surface area (Å²) >= 11 is 5.88. The zero-order chi connectivity index (χ0) is 15.1. The lowest BCUT2D eigenvalue weighted by Crippen LogP contribution is -2.06. The van der Waals surface area contributed by atoms with Crippen molar-refractivity contribution in [3.63, 3.8) is 0 Å². The molecule has 0 saturated heterocycles. The summed E-state index contributed by atoms with van der Waals surface area (Å²) in [4.78, 5) is 12.5. The zero-order valence-corrected chi connectivity index (χ0v) is 12.7. The van der Waals surface area contributed by atoms with Crippen LogP contribution >= 0.6 is 11.6 Å². The van der Waals surface area contributed by atoms with Crippen LogP contribution in [-0.4, -0.2) is 35.3 Å². The van der Waals surface area contributed by atoms with Crippen molar-refractivity contribution in [2.24, 2.45) is 0 Å². The summed E-state index contributed by atoms with van der Waals surface area (Å²) in [5.74, 6) is 1.90. The second-order valence-corrected chi connectivity index (χ2v) is 4.71. The lowest BCUT2D eigenvalue weighted by Gasteiger charge is -2.08. The van der Waals surface area contributed by atoms with E-state index < -0.39 is 0 Å². The van der Waals surface area contributed by atoms with Crippen LogP contribution in [0.3, 0.4) is 0 Å². The molecule has 6 nitrogen and oxygen atoms in total. The predicted octanol–water partition coefficient (Wildman–Crippen LogP) is 2.47. The van der Waals surface area contributed by atoms with Gasteiger partial charge in [-0.2, -0.15) is 0 Å². The molecule has 0 fully saturated rings. The van der Waals surface area contributed by atoms with Gasteiger partial charge in [-0.15, -0.1) is 0 Å².